The Morgan fingerprint density at radius 2 is 1.69 bits per heavy atom. The van der Waals surface area contributed by atoms with Gasteiger partial charge in [-0.05, 0) is 19.4 Å². The standard InChI is InChI=1S/C8H14O4S/c1-4(2)6(10)7(11)8(12)13-5(3)9/h7-8,10-12H,1-3H3. The molecule has 2 atom stereocenters. The van der Waals surface area contributed by atoms with E-state index in [0.717, 1.165) is 0 Å². The van der Waals surface area contributed by atoms with E-state index in [-0.39, 0.29) is 10.9 Å². The maximum Gasteiger partial charge on any atom is 0.188 e. The fourth-order valence-corrected chi connectivity index (χ4v) is 1.26. The van der Waals surface area contributed by atoms with Crippen LogP contribution in [0.1, 0.15) is 20.8 Å². The number of allylic oxidation sites excluding steroid dienone is 1. The van der Waals surface area contributed by atoms with Crippen LogP contribution in [0.2, 0.25) is 0 Å². The Morgan fingerprint density at radius 1 is 1.23 bits per heavy atom. The van der Waals surface area contributed by atoms with Crippen molar-refractivity contribution in [2.75, 3.05) is 0 Å². The van der Waals surface area contributed by atoms with Crippen molar-refractivity contribution in [3.63, 3.8) is 0 Å². The summed E-state index contributed by atoms with van der Waals surface area (Å²) in [4.78, 5) is 10.5. The molecule has 0 aromatic carbocycles. The summed E-state index contributed by atoms with van der Waals surface area (Å²) in [6.45, 7) is 4.48. The van der Waals surface area contributed by atoms with Gasteiger partial charge in [0.2, 0.25) is 0 Å². The third-order valence-corrected chi connectivity index (χ3v) is 2.18. The Kier molecular flexibility index (Phi) is 5.05. The molecule has 76 valence electrons. The molecule has 0 rings (SSSR count). The largest absolute Gasteiger partial charge is 0.509 e. The van der Waals surface area contributed by atoms with E-state index >= 15 is 0 Å². The van der Waals surface area contributed by atoms with E-state index in [2.05, 4.69) is 0 Å². The van der Waals surface area contributed by atoms with E-state index in [0.29, 0.717) is 17.3 Å². The Hall–Kier alpha value is -0.520. The minimum Gasteiger partial charge on any atom is -0.509 e. The van der Waals surface area contributed by atoms with E-state index < -0.39 is 11.5 Å². The van der Waals surface area contributed by atoms with Gasteiger partial charge in [0.15, 0.2) is 5.12 Å². The lowest BCUT2D eigenvalue weighted by Crippen LogP contribution is -2.26. The number of carbonyl (C=O) groups excluding carboxylic acids is 1. The Balaban J connectivity index is 4.34. The van der Waals surface area contributed by atoms with Gasteiger partial charge < -0.3 is 15.3 Å². The maximum absolute atomic E-state index is 10.5. The Labute approximate surface area is 81.3 Å². The highest BCUT2D eigenvalue weighted by molar-refractivity contribution is 8.14. The van der Waals surface area contributed by atoms with E-state index in [1.54, 1.807) is 13.8 Å². The highest BCUT2D eigenvalue weighted by Crippen LogP contribution is 2.18. The molecule has 0 aliphatic heterocycles. The molecule has 0 fully saturated rings. The van der Waals surface area contributed by atoms with Gasteiger partial charge in [-0.25, -0.2) is 0 Å². The maximum atomic E-state index is 10.5. The van der Waals surface area contributed by atoms with E-state index in [1.165, 1.54) is 6.92 Å². The van der Waals surface area contributed by atoms with Gasteiger partial charge in [0, 0.05) is 6.92 Å². The van der Waals surface area contributed by atoms with Crippen molar-refractivity contribution in [3.8, 4) is 0 Å². The number of aliphatic hydroxyl groups excluding tert-OH is 3. The quantitative estimate of drug-likeness (QED) is 0.470. The lowest BCUT2D eigenvalue weighted by Gasteiger charge is -2.16. The number of hydrogen-bond acceptors (Lipinski definition) is 5. The van der Waals surface area contributed by atoms with Gasteiger partial charge in [-0.3, -0.25) is 4.79 Å². The van der Waals surface area contributed by atoms with Crippen molar-refractivity contribution < 1.29 is 20.1 Å². The molecule has 0 aromatic rings. The molecule has 0 saturated heterocycles. The molecule has 13 heavy (non-hydrogen) atoms. The van der Waals surface area contributed by atoms with Gasteiger partial charge in [0.25, 0.3) is 0 Å². The van der Waals surface area contributed by atoms with Gasteiger partial charge >= 0.3 is 0 Å². The smallest absolute Gasteiger partial charge is 0.188 e. The third-order valence-electron chi connectivity index (χ3n) is 1.35. The van der Waals surface area contributed by atoms with E-state index in [1.807, 2.05) is 0 Å². The fraction of sp³-hybridized carbons (Fsp3) is 0.625. The van der Waals surface area contributed by atoms with E-state index in [4.69, 9.17) is 0 Å². The summed E-state index contributed by atoms with van der Waals surface area (Å²) in [7, 11) is 0. The SMILES string of the molecule is CC(=O)SC(O)C(O)C(O)=C(C)C. The molecule has 0 aromatic heterocycles. The Bertz CT molecular complexity index is 220. The summed E-state index contributed by atoms with van der Waals surface area (Å²) in [5, 5.41) is 27.4. The number of rotatable bonds is 3. The zero-order chi connectivity index (χ0) is 10.6. The van der Waals surface area contributed by atoms with Crippen molar-refractivity contribution in [3.05, 3.63) is 11.3 Å². The van der Waals surface area contributed by atoms with Crippen molar-refractivity contribution in [1.82, 2.24) is 0 Å². The summed E-state index contributed by atoms with van der Waals surface area (Å²) in [6.07, 6.45) is -1.40. The molecule has 0 saturated carbocycles. The van der Waals surface area contributed by atoms with Crippen LogP contribution in [0.4, 0.5) is 0 Å². The molecular weight excluding hydrogens is 192 g/mol. The first-order valence-electron chi connectivity index (χ1n) is 3.76. The van der Waals surface area contributed by atoms with Crippen LogP contribution < -0.4 is 0 Å². The summed E-state index contributed by atoms with van der Waals surface area (Å²) in [6, 6.07) is 0. The van der Waals surface area contributed by atoms with Gasteiger partial charge in [-0.15, -0.1) is 0 Å². The van der Waals surface area contributed by atoms with Crippen molar-refractivity contribution in [1.29, 1.82) is 0 Å². The third kappa shape index (κ3) is 4.31. The van der Waals surface area contributed by atoms with Crippen LogP contribution >= 0.6 is 11.8 Å². The second kappa shape index (κ2) is 5.26. The number of thioether (sulfide) groups is 1. The zero-order valence-corrected chi connectivity index (χ0v) is 8.63. The number of aliphatic hydroxyl groups is 3. The average Bonchev–Trinajstić information content (AvgIpc) is 2.00. The molecule has 5 heteroatoms. The minimum atomic E-state index is -1.40. The van der Waals surface area contributed by atoms with Gasteiger partial charge in [0.1, 0.15) is 17.3 Å². The van der Waals surface area contributed by atoms with Crippen LogP contribution in [0.25, 0.3) is 0 Å². The predicted molar refractivity (Wildman–Crippen MR) is 51.3 cm³/mol. The highest BCUT2D eigenvalue weighted by Gasteiger charge is 2.22. The van der Waals surface area contributed by atoms with Crippen molar-refractivity contribution in [2.45, 2.75) is 32.3 Å². The lowest BCUT2D eigenvalue weighted by atomic mass is 10.2. The minimum absolute atomic E-state index is 0.291. The first-order valence-corrected chi connectivity index (χ1v) is 4.64. The van der Waals surface area contributed by atoms with Gasteiger partial charge in [-0.2, -0.15) is 0 Å². The van der Waals surface area contributed by atoms with Crippen LogP contribution in [-0.2, 0) is 4.79 Å². The molecule has 0 spiro atoms. The van der Waals surface area contributed by atoms with Crippen LogP contribution in [-0.4, -0.2) is 32.0 Å². The van der Waals surface area contributed by atoms with Crippen molar-refractivity contribution >= 4 is 16.9 Å². The molecule has 0 amide bonds. The molecule has 0 radical (unpaired) electrons. The number of hydrogen-bond donors (Lipinski definition) is 3. The Morgan fingerprint density at radius 3 is 2.00 bits per heavy atom. The normalized spacial score (nSPS) is 14.8. The summed E-state index contributed by atoms with van der Waals surface area (Å²) >= 11 is 0.581. The molecule has 2 unspecified atom stereocenters. The molecule has 0 aliphatic carbocycles. The fourth-order valence-electron chi connectivity index (χ4n) is 0.665. The molecular formula is C8H14O4S. The van der Waals surface area contributed by atoms with Gasteiger partial charge in [0.05, 0.1) is 0 Å². The van der Waals surface area contributed by atoms with Crippen LogP contribution in [0.3, 0.4) is 0 Å². The molecule has 0 bridgehead atoms. The molecule has 0 heterocycles. The summed E-state index contributed by atoms with van der Waals surface area (Å²) in [5.41, 5.74) is -0.803. The second-order valence-corrected chi connectivity index (χ2v) is 4.12. The first kappa shape index (κ1) is 12.5. The zero-order valence-electron chi connectivity index (χ0n) is 7.81. The lowest BCUT2D eigenvalue weighted by molar-refractivity contribution is -0.109. The predicted octanol–water partition coefficient (Wildman–Crippen LogP) is 0.797. The monoisotopic (exact) mass is 206 g/mol. The summed E-state index contributed by atoms with van der Waals surface area (Å²) < 4.78 is 0. The van der Waals surface area contributed by atoms with Crippen LogP contribution in [0, 0.1) is 0 Å². The second-order valence-electron chi connectivity index (χ2n) is 2.83. The molecule has 3 N–H and O–H groups in total. The topological polar surface area (TPSA) is 77.8 Å². The van der Waals surface area contributed by atoms with Gasteiger partial charge in [-0.1, -0.05) is 11.8 Å². The van der Waals surface area contributed by atoms with Crippen LogP contribution in [0.5, 0.6) is 0 Å². The van der Waals surface area contributed by atoms with Crippen LogP contribution in [0.15, 0.2) is 11.3 Å². The average molecular weight is 206 g/mol. The van der Waals surface area contributed by atoms with E-state index in [9.17, 15) is 20.1 Å². The highest BCUT2D eigenvalue weighted by atomic mass is 32.2. The van der Waals surface area contributed by atoms with Crippen molar-refractivity contribution in [2.24, 2.45) is 0 Å². The first-order chi connectivity index (χ1) is 5.86. The summed E-state index contributed by atoms with van der Waals surface area (Å²) in [5.74, 6) is -0.291. The molecule has 4 nitrogen and oxygen atoms in total. The molecule has 0 aliphatic rings. The number of carbonyl (C=O) groups is 1.